The van der Waals surface area contributed by atoms with Crippen LogP contribution < -0.4 is 0 Å². The zero-order valence-corrected chi connectivity index (χ0v) is 16.4. The fraction of sp³-hybridized carbons (Fsp3) is 0.304. The minimum absolute atomic E-state index is 0.102. The van der Waals surface area contributed by atoms with Gasteiger partial charge in [0.2, 0.25) is 11.7 Å². The summed E-state index contributed by atoms with van der Waals surface area (Å²) < 4.78 is 11.7. The first-order valence-corrected chi connectivity index (χ1v) is 9.22. The Bertz CT molecular complexity index is 902. The van der Waals surface area contributed by atoms with E-state index in [4.69, 9.17) is 9.47 Å². The van der Waals surface area contributed by atoms with Crippen molar-refractivity contribution >= 4 is 11.7 Å². The summed E-state index contributed by atoms with van der Waals surface area (Å²) in [6.07, 6.45) is 0.370. The summed E-state index contributed by atoms with van der Waals surface area (Å²) in [5.41, 5.74) is 2.23. The molecule has 28 heavy (non-hydrogen) atoms. The molecule has 2 atom stereocenters. The number of benzene rings is 2. The highest BCUT2D eigenvalue weighted by atomic mass is 16.7. The lowest BCUT2D eigenvalue weighted by Crippen LogP contribution is -2.49. The number of hydrogen-bond donors (Lipinski definition) is 0. The van der Waals surface area contributed by atoms with Crippen molar-refractivity contribution in [2.45, 2.75) is 38.6 Å². The normalized spacial score (nSPS) is 21.6. The second-order valence-electron chi connectivity index (χ2n) is 7.01. The second-order valence-corrected chi connectivity index (χ2v) is 7.01. The number of amides is 1. The molecule has 0 saturated heterocycles. The molecule has 2 aromatic carbocycles. The summed E-state index contributed by atoms with van der Waals surface area (Å²) in [5, 5.41) is 9.97. The molecule has 1 aliphatic heterocycles. The molecule has 2 aromatic rings. The topological polar surface area (TPSA) is 62.6 Å². The first-order chi connectivity index (χ1) is 13.5. The van der Waals surface area contributed by atoms with E-state index in [1.54, 1.807) is 12.0 Å². The van der Waals surface area contributed by atoms with Gasteiger partial charge in [-0.05, 0) is 5.56 Å². The molecule has 0 radical (unpaired) electrons. The molecule has 1 aliphatic rings. The molecule has 1 amide bonds. The molecule has 0 N–H and O–H groups in total. The van der Waals surface area contributed by atoms with Crippen LogP contribution in [0.1, 0.15) is 31.4 Å². The molecule has 0 unspecified atom stereocenters. The van der Waals surface area contributed by atoms with Gasteiger partial charge in [0.15, 0.2) is 0 Å². The maximum Gasteiger partial charge on any atom is 0.220 e. The molecule has 0 spiro atoms. The smallest absolute Gasteiger partial charge is 0.220 e. The van der Waals surface area contributed by atoms with Crippen LogP contribution in [-0.4, -0.2) is 29.7 Å². The number of rotatable bonds is 5. The largest absolute Gasteiger partial charge is 0.461 e. The van der Waals surface area contributed by atoms with Crippen LogP contribution >= 0.6 is 0 Å². The highest BCUT2D eigenvalue weighted by molar-refractivity contribution is 5.76. The molecular weight excluding hydrogens is 352 g/mol. The Morgan fingerprint density at radius 3 is 2.36 bits per heavy atom. The lowest BCUT2D eigenvalue weighted by atomic mass is 9.91. The van der Waals surface area contributed by atoms with Gasteiger partial charge < -0.3 is 14.4 Å². The molecule has 3 rings (SSSR count). The van der Waals surface area contributed by atoms with E-state index in [0.29, 0.717) is 24.3 Å². The Labute approximate surface area is 165 Å². The fourth-order valence-corrected chi connectivity index (χ4v) is 3.46. The van der Waals surface area contributed by atoms with Crippen LogP contribution in [-0.2, 0) is 20.8 Å². The molecule has 0 aromatic heterocycles. The van der Waals surface area contributed by atoms with E-state index in [0.717, 1.165) is 11.1 Å². The van der Waals surface area contributed by atoms with Gasteiger partial charge in [0.05, 0.1) is 11.6 Å². The Morgan fingerprint density at radius 1 is 1.21 bits per heavy atom. The van der Waals surface area contributed by atoms with Gasteiger partial charge in [-0.2, -0.15) is 5.26 Å². The second kappa shape index (κ2) is 8.28. The van der Waals surface area contributed by atoms with Crippen molar-refractivity contribution in [1.29, 1.82) is 5.26 Å². The fourth-order valence-electron chi connectivity index (χ4n) is 3.46. The third-order valence-electron chi connectivity index (χ3n) is 5.02. The van der Waals surface area contributed by atoms with Gasteiger partial charge in [0.1, 0.15) is 11.8 Å². The summed E-state index contributed by atoms with van der Waals surface area (Å²) in [5.74, 6) is -0.585. The van der Waals surface area contributed by atoms with E-state index in [2.05, 4.69) is 6.07 Å². The molecule has 0 bridgehead atoms. The summed E-state index contributed by atoms with van der Waals surface area (Å²) in [6.45, 7) is 3.77. The van der Waals surface area contributed by atoms with Crippen LogP contribution in [0.4, 0.5) is 0 Å². The molecule has 5 heteroatoms. The van der Waals surface area contributed by atoms with Crippen molar-refractivity contribution in [2.75, 3.05) is 7.11 Å². The number of nitrogens with zero attached hydrogens (tertiary/aromatic N) is 2. The lowest BCUT2D eigenvalue weighted by Gasteiger charge is -2.42. The minimum Gasteiger partial charge on any atom is -0.461 e. The number of methoxy groups -OCH3 is 1. The average Bonchev–Trinajstić information content (AvgIpc) is 2.72. The molecular formula is C23H24N2O3. The third-order valence-corrected chi connectivity index (χ3v) is 5.02. The number of nitriles is 1. The molecule has 0 aliphatic carbocycles. The van der Waals surface area contributed by atoms with Gasteiger partial charge >= 0.3 is 0 Å². The van der Waals surface area contributed by atoms with Gasteiger partial charge in [-0.15, -0.1) is 0 Å². The predicted molar refractivity (Wildman–Crippen MR) is 107 cm³/mol. The third kappa shape index (κ3) is 4.08. The zero-order valence-electron chi connectivity index (χ0n) is 16.4. The first-order valence-electron chi connectivity index (χ1n) is 9.22. The van der Waals surface area contributed by atoms with Gasteiger partial charge in [-0.1, -0.05) is 60.7 Å². The molecule has 0 saturated carbocycles. The average molecular weight is 376 g/mol. The molecule has 1 heterocycles. The quantitative estimate of drug-likeness (QED) is 0.787. The number of ether oxygens (including phenoxy) is 2. The van der Waals surface area contributed by atoms with E-state index >= 15 is 0 Å². The zero-order chi connectivity index (χ0) is 20.1. The van der Waals surface area contributed by atoms with Crippen molar-refractivity contribution in [2.24, 2.45) is 0 Å². The van der Waals surface area contributed by atoms with Crippen LogP contribution in [0.25, 0.3) is 5.76 Å². The summed E-state index contributed by atoms with van der Waals surface area (Å²) in [4.78, 5) is 14.3. The van der Waals surface area contributed by atoms with Crippen LogP contribution in [0.15, 0.2) is 66.2 Å². The van der Waals surface area contributed by atoms with Crippen LogP contribution in [0.2, 0.25) is 0 Å². The van der Waals surface area contributed by atoms with Crippen LogP contribution in [0.5, 0.6) is 0 Å². The van der Waals surface area contributed by atoms with E-state index in [-0.39, 0.29) is 5.91 Å². The number of hydrogen-bond acceptors (Lipinski definition) is 4. The monoisotopic (exact) mass is 376 g/mol. The Morgan fingerprint density at radius 2 is 1.82 bits per heavy atom. The van der Waals surface area contributed by atoms with Gasteiger partial charge in [0.25, 0.3) is 0 Å². The van der Waals surface area contributed by atoms with Crippen molar-refractivity contribution in [3.05, 3.63) is 77.4 Å². The van der Waals surface area contributed by atoms with Crippen LogP contribution in [0, 0.1) is 11.3 Å². The van der Waals surface area contributed by atoms with Gasteiger partial charge in [-0.25, -0.2) is 0 Å². The Kier molecular flexibility index (Phi) is 5.81. The maximum absolute atomic E-state index is 12.6. The first kappa shape index (κ1) is 19.7. The Hall–Kier alpha value is -3.10. The minimum atomic E-state index is -0.944. The maximum atomic E-state index is 12.6. The van der Waals surface area contributed by atoms with Crippen molar-refractivity contribution < 1.29 is 14.3 Å². The lowest BCUT2D eigenvalue weighted by molar-refractivity contribution is -0.186. The van der Waals surface area contributed by atoms with Gasteiger partial charge in [0, 0.05) is 39.5 Å². The van der Waals surface area contributed by atoms with Crippen molar-refractivity contribution in [1.82, 2.24) is 4.90 Å². The van der Waals surface area contributed by atoms with Crippen LogP contribution in [0.3, 0.4) is 0 Å². The summed E-state index contributed by atoms with van der Waals surface area (Å²) in [6, 6.07) is 21.1. The van der Waals surface area contributed by atoms with E-state index in [1.807, 2.05) is 67.6 Å². The van der Waals surface area contributed by atoms with Crippen molar-refractivity contribution in [3.8, 4) is 6.07 Å². The standard InChI is InChI=1S/C23H24N2O3/c1-17(26)25(16-18-10-6-4-7-11-18)21-14-23(2,27-3)28-22(20(21)15-24)19-12-8-5-9-13-19/h4-13,21H,14,16H2,1-3H3/t21-,23+/m0/s1. The summed E-state index contributed by atoms with van der Waals surface area (Å²) in [7, 11) is 1.58. The number of carbonyl (C=O) groups is 1. The van der Waals surface area contributed by atoms with Crippen molar-refractivity contribution in [3.63, 3.8) is 0 Å². The highest BCUT2D eigenvalue weighted by Crippen LogP contribution is 2.39. The highest BCUT2D eigenvalue weighted by Gasteiger charge is 2.43. The Balaban J connectivity index is 2.09. The number of carbonyl (C=O) groups excluding carboxylic acids is 1. The van der Waals surface area contributed by atoms with E-state index in [9.17, 15) is 10.1 Å². The van der Waals surface area contributed by atoms with Gasteiger partial charge in [-0.3, -0.25) is 4.79 Å². The molecule has 5 nitrogen and oxygen atoms in total. The SMILES string of the molecule is CO[C@@]1(C)C[C@H](N(Cc2ccccc2)C(C)=O)C(C#N)=C(c2ccccc2)O1. The molecule has 144 valence electrons. The summed E-state index contributed by atoms with van der Waals surface area (Å²) >= 11 is 0. The van der Waals surface area contributed by atoms with E-state index < -0.39 is 11.8 Å². The molecule has 0 fully saturated rings. The van der Waals surface area contributed by atoms with E-state index in [1.165, 1.54) is 6.92 Å². The predicted octanol–water partition coefficient (Wildman–Crippen LogP) is 4.12.